The van der Waals surface area contributed by atoms with Crippen molar-refractivity contribution in [1.82, 2.24) is 4.98 Å². The Kier molecular flexibility index (Phi) is 3.22. The number of benzene rings is 2. The van der Waals surface area contributed by atoms with E-state index in [2.05, 4.69) is 4.98 Å². The fourth-order valence-electron chi connectivity index (χ4n) is 1.67. The summed E-state index contributed by atoms with van der Waals surface area (Å²) in [5.41, 5.74) is 6.43. The van der Waals surface area contributed by atoms with Gasteiger partial charge in [-0.05, 0) is 18.2 Å². The molecule has 1 heterocycles. The molecule has 0 saturated heterocycles. The summed E-state index contributed by atoms with van der Waals surface area (Å²) in [6, 6.07) is 10.8. The minimum Gasteiger partial charge on any atom is -0.454 e. The Morgan fingerprint density at radius 1 is 1.05 bits per heavy atom. The molecule has 0 fully saturated rings. The number of nitrogens with zero attached hydrogens (tertiary/aromatic N) is 1. The monoisotopic (exact) mass is 310 g/mol. The molecule has 0 unspecified atom stereocenters. The van der Waals surface area contributed by atoms with E-state index < -0.39 is 0 Å². The van der Waals surface area contributed by atoms with Gasteiger partial charge >= 0.3 is 0 Å². The van der Waals surface area contributed by atoms with Crippen molar-refractivity contribution in [2.45, 2.75) is 0 Å². The lowest BCUT2D eigenvalue weighted by atomic mass is 10.3. The molecule has 0 amide bonds. The molecule has 2 aromatic carbocycles. The highest BCUT2D eigenvalue weighted by Gasteiger charge is 2.10. The van der Waals surface area contributed by atoms with Gasteiger partial charge in [-0.3, -0.25) is 0 Å². The van der Waals surface area contributed by atoms with Gasteiger partial charge in [0.1, 0.15) is 11.5 Å². The molecule has 0 aliphatic rings. The van der Waals surface area contributed by atoms with Crippen LogP contribution < -0.4 is 10.5 Å². The van der Waals surface area contributed by atoms with Crippen LogP contribution in [0.4, 0.5) is 5.13 Å². The SMILES string of the molecule is Nc1nc2cc(Cl)c(Oc3ccccc3Cl)cc2s1. The lowest BCUT2D eigenvalue weighted by Crippen LogP contribution is -1.86. The Bertz CT molecular complexity index is 757. The van der Waals surface area contributed by atoms with E-state index in [0.717, 1.165) is 10.2 Å². The number of aromatic nitrogens is 1. The minimum atomic E-state index is 0.470. The standard InChI is InChI=1S/C13H8Cl2N2OS/c14-7-3-1-2-4-10(7)18-11-6-12-9(5-8(11)15)17-13(16)19-12/h1-6H,(H2,16,17). The molecule has 3 aromatic rings. The fourth-order valence-corrected chi connectivity index (χ4v) is 2.79. The summed E-state index contributed by atoms with van der Waals surface area (Å²) >= 11 is 13.6. The Morgan fingerprint density at radius 3 is 2.63 bits per heavy atom. The van der Waals surface area contributed by atoms with Gasteiger partial charge in [-0.2, -0.15) is 0 Å². The third kappa shape index (κ3) is 2.47. The molecule has 0 spiro atoms. The number of fused-ring (bicyclic) bond motifs is 1. The summed E-state index contributed by atoms with van der Waals surface area (Å²) in [5, 5.41) is 1.50. The van der Waals surface area contributed by atoms with Crippen LogP contribution in [0.1, 0.15) is 0 Å². The van der Waals surface area contributed by atoms with Crippen LogP contribution >= 0.6 is 34.5 Å². The molecule has 6 heteroatoms. The number of hydrogen-bond donors (Lipinski definition) is 1. The van der Waals surface area contributed by atoms with Crippen molar-refractivity contribution >= 4 is 49.9 Å². The van der Waals surface area contributed by atoms with E-state index in [9.17, 15) is 0 Å². The van der Waals surface area contributed by atoms with E-state index in [1.54, 1.807) is 18.2 Å². The number of anilines is 1. The number of para-hydroxylation sites is 1. The highest BCUT2D eigenvalue weighted by molar-refractivity contribution is 7.22. The van der Waals surface area contributed by atoms with Gasteiger partial charge in [0.15, 0.2) is 5.13 Å². The van der Waals surface area contributed by atoms with Crippen LogP contribution in [0.25, 0.3) is 10.2 Å². The average molecular weight is 311 g/mol. The normalized spacial score (nSPS) is 10.8. The second kappa shape index (κ2) is 4.89. The molecule has 0 bridgehead atoms. The second-order valence-corrected chi connectivity index (χ2v) is 5.71. The van der Waals surface area contributed by atoms with Gasteiger partial charge in [-0.15, -0.1) is 0 Å². The summed E-state index contributed by atoms with van der Waals surface area (Å²) in [6.45, 7) is 0. The van der Waals surface area contributed by atoms with Crippen LogP contribution in [0, 0.1) is 0 Å². The topological polar surface area (TPSA) is 48.1 Å². The van der Waals surface area contributed by atoms with Crippen molar-refractivity contribution in [3.05, 3.63) is 46.4 Å². The molecule has 3 rings (SSSR count). The van der Waals surface area contributed by atoms with Crippen LogP contribution in [0.2, 0.25) is 10.0 Å². The largest absolute Gasteiger partial charge is 0.454 e. The molecule has 0 aliphatic carbocycles. The third-order valence-electron chi connectivity index (χ3n) is 2.52. The molecule has 0 aliphatic heterocycles. The number of nitrogens with two attached hydrogens (primary N) is 1. The van der Waals surface area contributed by atoms with Gasteiger partial charge in [0, 0.05) is 6.07 Å². The Morgan fingerprint density at radius 2 is 1.84 bits per heavy atom. The Hall–Kier alpha value is -1.49. The van der Waals surface area contributed by atoms with Gasteiger partial charge in [0.2, 0.25) is 0 Å². The molecular weight excluding hydrogens is 303 g/mol. The number of nitrogen functional groups attached to an aromatic ring is 1. The van der Waals surface area contributed by atoms with Gasteiger partial charge in [-0.1, -0.05) is 46.7 Å². The first-order valence-electron chi connectivity index (χ1n) is 5.41. The molecule has 0 atom stereocenters. The van der Waals surface area contributed by atoms with Crippen LogP contribution in [0.5, 0.6) is 11.5 Å². The van der Waals surface area contributed by atoms with Crippen molar-refractivity contribution in [2.24, 2.45) is 0 Å². The molecular formula is C13H8Cl2N2OS. The zero-order valence-corrected chi connectivity index (χ0v) is 11.9. The van der Waals surface area contributed by atoms with Crippen LogP contribution in [0.15, 0.2) is 36.4 Å². The highest BCUT2D eigenvalue weighted by atomic mass is 35.5. The number of thiazole rings is 1. The van der Waals surface area contributed by atoms with E-state index in [4.69, 9.17) is 33.7 Å². The molecule has 0 radical (unpaired) electrons. The number of rotatable bonds is 2. The molecule has 0 saturated carbocycles. The molecule has 1 aromatic heterocycles. The predicted molar refractivity (Wildman–Crippen MR) is 80.6 cm³/mol. The summed E-state index contributed by atoms with van der Waals surface area (Å²) < 4.78 is 6.65. The minimum absolute atomic E-state index is 0.470. The molecule has 3 nitrogen and oxygen atoms in total. The zero-order valence-electron chi connectivity index (χ0n) is 9.56. The molecule has 96 valence electrons. The number of ether oxygens (including phenoxy) is 1. The molecule has 2 N–H and O–H groups in total. The van der Waals surface area contributed by atoms with Crippen molar-refractivity contribution in [3.63, 3.8) is 0 Å². The lowest BCUT2D eigenvalue weighted by molar-refractivity contribution is 0.484. The summed E-state index contributed by atoms with van der Waals surface area (Å²) in [4.78, 5) is 4.17. The van der Waals surface area contributed by atoms with Crippen LogP contribution in [-0.2, 0) is 0 Å². The number of halogens is 2. The van der Waals surface area contributed by atoms with E-state index in [1.807, 2.05) is 18.2 Å². The van der Waals surface area contributed by atoms with E-state index in [1.165, 1.54) is 11.3 Å². The maximum atomic E-state index is 6.17. The first-order valence-corrected chi connectivity index (χ1v) is 6.98. The lowest BCUT2D eigenvalue weighted by Gasteiger charge is -2.08. The number of hydrogen-bond acceptors (Lipinski definition) is 4. The Balaban J connectivity index is 2.05. The summed E-state index contributed by atoms with van der Waals surface area (Å²) in [5.74, 6) is 1.09. The van der Waals surface area contributed by atoms with Crippen molar-refractivity contribution < 1.29 is 4.74 Å². The van der Waals surface area contributed by atoms with Gasteiger partial charge in [-0.25, -0.2) is 4.98 Å². The molecule has 19 heavy (non-hydrogen) atoms. The van der Waals surface area contributed by atoms with Crippen molar-refractivity contribution in [3.8, 4) is 11.5 Å². The predicted octanol–water partition coefficient (Wildman–Crippen LogP) is 4.98. The highest BCUT2D eigenvalue weighted by Crippen LogP contribution is 2.37. The van der Waals surface area contributed by atoms with E-state index in [0.29, 0.717) is 26.7 Å². The van der Waals surface area contributed by atoms with Gasteiger partial charge in [0.25, 0.3) is 0 Å². The van der Waals surface area contributed by atoms with Gasteiger partial charge < -0.3 is 10.5 Å². The van der Waals surface area contributed by atoms with E-state index >= 15 is 0 Å². The summed E-state index contributed by atoms with van der Waals surface area (Å²) in [7, 11) is 0. The van der Waals surface area contributed by atoms with Crippen LogP contribution in [-0.4, -0.2) is 4.98 Å². The van der Waals surface area contributed by atoms with Gasteiger partial charge in [0.05, 0.1) is 20.3 Å². The van der Waals surface area contributed by atoms with E-state index in [-0.39, 0.29) is 0 Å². The zero-order chi connectivity index (χ0) is 13.4. The first-order chi connectivity index (χ1) is 9.13. The smallest absolute Gasteiger partial charge is 0.181 e. The van der Waals surface area contributed by atoms with Crippen LogP contribution in [0.3, 0.4) is 0 Å². The average Bonchev–Trinajstić information content (AvgIpc) is 2.71. The Labute approximate surface area is 123 Å². The first kappa shape index (κ1) is 12.5. The maximum absolute atomic E-state index is 6.17. The third-order valence-corrected chi connectivity index (χ3v) is 3.97. The maximum Gasteiger partial charge on any atom is 0.181 e. The quantitative estimate of drug-likeness (QED) is 0.726. The second-order valence-electron chi connectivity index (χ2n) is 3.83. The van der Waals surface area contributed by atoms with Crippen molar-refractivity contribution in [2.75, 3.05) is 5.73 Å². The van der Waals surface area contributed by atoms with Crippen molar-refractivity contribution in [1.29, 1.82) is 0 Å². The summed E-state index contributed by atoms with van der Waals surface area (Å²) in [6.07, 6.45) is 0. The fraction of sp³-hybridized carbons (Fsp3) is 0.